The van der Waals surface area contributed by atoms with E-state index < -0.39 is 0 Å². The number of nitrogens with zero attached hydrogens (tertiary/aromatic N) is 5. The van der Waals surface area contributed by atoms with Gasteiger partial charge in [-0.3, -0.25) is 9.59 Å². The summed E-state index contributed by atoms with van der Waals surface area (Å²) in [6, 6.07) is 21.2. The third kappa shape index (κ3) is 5.22. The lowest BCUT2D eigenvalue weighted by atomic mass is 10.2. The minimum absolute atomic E-state index is 0.0744. The molecule has 0 atom stereocenters. The summed E-state index contributed by atoms with van der Waals surface area (Å²) in [5.41, 5.74) is 2.83. The van der Waals surface area contributed by atoms with Crippen LogP contribution in [0.25, 0.3) is 22.4 Å². The molecule has 2 aromatic carbocycles. The summed E-state index contributed by atoms with van der Waals surface area (Å²) in [5, 5.41) is 12.7. The molecule has 1 amide bonds. The summed E-state index contributed by atoms with van der Waals surface area (Å²) < 4.78 is 10.6. The van der Waals surface area contributed by atoms with E-state index in [0.29, 0.717) is 48.5 Å². The van der Waals surface area contributed by atoms with Crippen LogP contribution >= 0.6 is 0 Å². The minimum Gasteiger partial charge on any atom is -0.494 e. The molecule has 0 spiro atoms. The Hall–Kier alpha value is -4.66. The van der Waals surface area contributed by atoms with Gasteiger partial charge in [-0.2, -0.15) is 10.2 Å². The molecule has 0 saturated heterocycles. The van der Waals surface area contributed by atoms with Crippen molar-refractivity contribution in [2.75, 3.05) is 6.61 Å². The molecule has 9 nitrogen and oxygen atoms in total. The first-order valence-electron chi connectivity index (χ1n) is 12.7. The van der Waals surface area contributed by atoms with Crippen LogP contribution in [0.5, 0.6) is 5.75 Å². The fourth-order valence-electron chi connectivity index (χ4n) is 4.43. The van der Waals surface area contributed by atoms with E-state index >= 15 is 0 Å². The number of rotatable bonds is 10. The van der Waals surface area contributed by atoms with Gasteiger partial charge in [0.1, 0.15) is 16.7 Å². The van der Waals surface area contributed by atoms with Crippen molar-refractivity contribution >= 4 is 16.8 Å². The molecule has 5 rings (SSSR count). The van der Waals surface area contributed by atoms with E-state index in [0.717, 1.165) is 17.0 Å². The number of carbonyl (C=O) groups is 1. The molecular weight excluding hydrogens is 480 g/mol. The van der Waals surface area contributed by atoms with E-state index in [4.69, 9.17) is 9.84 Å². The Kier molecular flexibility index (Phi) is 7.35. The zero-order chi connectivity index (χ0) is 26.5. The molecule has 0 aliphatic rings. The van der Waals surface area contributed by atoms with Crippen molar-refractivity contribution < 1.29 is 9.53 Å². The lowest BCUT2D eigenvalue weighted by Gasteiger charge is -2.10. The number of aromatic nitrogens is 5. The molecule has 9 heteroatoms. The largest absolute Gasteiger partial charge is 0.494 e. The summed E-state index contributed by atoms with van der Waals surface area (Å²) >= 11 is 0. The van der Waals surface area contributed by atoms with Crippen LogP contribution in [0.3, 0.4) is 0 Å². The molecule has 0 unspecified atom stereocenters. The summed E-state index contributed by atoms with van der Waals surface area (Å²) in [7, 11) is 0. The number of hydrogen-bond donors (Lipinski definition) is 1. The highest BCUT2D eigenvalue weighted by Gasteiger charge is 2.21. The molecule has 5 aromatic rings. The van der Waals surface area contributed by atoms with Gasteiger partial charge in [0, 0.05) is 31.9 Å². The van der Waals surface area contributed by atoms with Gasteiger partial charge in [-0.25, -0.2) is 9.36 Å². The maximum atomic E-state index is 13.6. The highest BCUT2D eigenvalue weighted by atomic mass is 16.5. The summed E-state index contributed by atoms with van der Waals surface area (Å²) in [4.78, 5) is 26.1. The zero-order valence-electron chi connectivity index (χ0n) is 21.5. The second kappa shape index (κ2) is 11.2. The van der Waals surface area contributed by atoms with E-state index in [9.17, 15) is 9.59 Å². The Morgan fingerprint density at radius 2 is 1.71 bits per heavy atom. The molecular formula is C29H30N6O3. The Morgan fingerprint density at radius 3 is 2.42 bits per heavy atom. The van der Waals surface area contributed by atoms with Crippen LogP contribution in [0, 0.1) is 6.92 Å². The number of aryl methyl sites for hydroxylation is 2. The molecule has 0 bridgehead atoms. The quantitative estimate of drug-likeness (QED) is 0.304. The standard InChI is InChI=1S/C29H30N6O3/c1-3-38-24-15-13-22(14-16-24)20-30-25(36)12-9-19-34-29(37)26-27(21(2)31-34)32-35(23-10-5-4-6-11-23)28(26)33-17-7-8-18-33/h4-8,10-11,13-18H,3,9,12,19-20H2,1-2H3,(H,30,36). The van der Waals surface area contributed by atoms with Gasteiger partial charge in [0.2, 0.25) is 5.91 Å². The van der Waals surface area contributed by atoms with Crippen molar-refractivity contribution in [3.63, 3.8) is 0 Å². The lowest BCUT2D eigenvalue weighted by Crippen LogP contribution is -2.26. The Labute approximate surface area is 220 Å². The summed E-state index contributed by atoms with van der Waals surface area (Å²) in [6.07, 6.45) is 4.56. The van der Waals surface area contributed by atoms with E-state index in [1.54, 1.807) is 4.68 Å². The number of benzene rings is 2. The maximum absolute atomic E-state index is 13.6. The molecule has 3 aromatic heterocycles. The minimum atomic E-state index is -0.230. The van der Waals surface area contributed by atoms with Gasteiger partial charge in [-0.1, -0.05) is 30.3 Å². The van der Waals surface area contributed by atoms with Crippen LogP contribution in [0.4, 0.5) is 0 Å². The van der Waals surface area contributed by atoms with Crippen LogP contribution in [-0.2, 0) is 17.9 Å². The Balaban J connectivity index is 1.33. The lowest BCUT2D eigenvalue weighted by molar-refractivity contribution is -0.121. The highest BCUT2D eigenvalue weighted by molar-refractivity contribution is 5.87. The number of ether oxygens (including phenoxy) is 1. The van der Waals surface area contributed by atoms with Crippen molar-refractivity contribution in [1.82, 2.24) is 29.4 Å². The molecule has 0 saturated carbocycles. The first-order chi connectivity index (χ1) is 18.5. The highest BCUT2D eigenvalue weighted by Crippen LogP contribution is 2.24. The monoisotopic (exact) mass is 510 g/mol. The second-order valence-corrected chi connectivity index (χ2v) is 8.96. The van der Waals surface area contributed by atoms with Gasteiger partial charge in [0.25, 0.3) is 5.56 Å². The number of amides is 1. The SMILES string of the molecule is CCOc1ccc(CNC(=O)CCCn2nc(C)c3nn(-c4ccccc4)c(-n4cccc4)c3c2=O)cc1. The predicted molar refractivity (Wildman–Crippen MR) is 146 cm³/mol. The number of nitrogens with one attached hydrogen (secondary N) is 1. The molecule has 194 valence electrons. The topological polar surface area (TPSA) is 96.0 Å². The normalized spacial score (nSPS) is 11.1. The van der Waals surface area contributed by atoms with E-state index in [1.807, 2.05) is 97.5 Å². The second-order valence-electron chi connectivity index (χ2n) is 8.96. The van der Waals surface area contributed by atoms with Crippen LogP contribution in [0.2, 0.25) is 0 Å². The molecule has 0 radical (unpaired) electrons. The molecule has 0 aliphatic heterocycles. The smallest absolute Gasteiger partial charge is 0.280 e. The van der Waals surface area contributed by atoms with E-state index in [2.05, 4.69) is 10.4 Å². The maximum Gasteiger partial charge on any atom is 0.280 e. The average Bonchev–Trinajstić information content (AvgIpc) is 3.60. The molecule has 3 heterocycles. The average molecular weight is 511 g/mol. The molecule has 1 N–H and O–H groups in total. The number of para-hydroxylation sites is 1. The van der Waals surface area contributed by atoms with Crippen molar-refractivity contribution in [3.05, 3.63) is 101 Å². The Morgan fingerprint density at radius 1 is 0.974 bits per heavy atom. The fourth-order valence-corrected chi connectivity index (χ4v) is 4.43. The van der Waals surface area contributed by atoms with Gasteiger partial charge in [-0.05, 0) is 62.2 Å². The van der Waals surface area contributed by atoms with Crippen molar-refractivity contribution in [1.29, 1.82) is 0 Å². The summed E-state index contributed by atoms with van der Waals surface area (Å²) in [5.74, 6) is 1.39. The third-order valence-corrected chi connectivity index (χ3v) is 6.27. The molecule has 0 aliphatic carbocycles. The van der Waals surface area contributed by atoms with Gasteiger partial charge >= 0.3 is 0 Å². The van der Waals surface area contributed by atoms with Crippen molar-refractivity contribution in [3.8, 4) is 17.3 Å². The Bertz CT molecular complexity index is 1590. The number of hydrogen-bond acceptors (Lipinski definition) is 5. The first kappa shape index (κ1) is 25.0. The first-order valence-corrected chi connectivity index (χ1v) is 12.7. The van der Waals surface area contributed by atoms with Gasteiger partial charge in [0.05, 0.1) is 18.0 Å². The van der Waals surface area contributed by atoms with E-state index in [1.165, 1.54) is 4.68 Å². The van der Waals surface area contributed by atoms with Crippen LogP contribution < -0.4 is 15.6 Å². The number of carbonyl (C=O) groups excluding carboxylic acids is 1. The van der Waals surface area contributed by atoms with Crippen LogP contribution in [0.15, 0.2) is 83.9 Å². The molecule has 0 fully saturated rings. The van der Waals surface area contributed by atoms with Crippen molar-refractivity contribution in [2.24, 2.45) is 0 Å². The predicted octanol–water partition coefficient (Wildman–Crippen LogP) is 4.18. The zero-order valence-corrected chi connectivity index (χ0v) is 21.5. The summed E-state index contributed by atoms with van der Waals surface area (Å²) in [6.45, 7) is 5.17. The van der Waals surface area contributed by atoms with Gasteiger partial charge < -0.3 is 14.6 Å². The third-order valence-electron chi connectivity index (χ3n) is 6.27. The fraction of sp³-hybridized carbons (Fsp3) is 0.241. The van der Waals surface area contributed by atoms with Gasteiger partial charge in [0.15, 0.2) is 5.82 Å². The van der Waals surface area contributed by atoms with Crippen LogP contribution in [0.1, 0.15) is 31.0 Å². The van der Waals surface area contributed by atoms with Crippen molar-refractivity contribution in [2.45, 2.75) is 39.8 Å². The van der Waals surface area contributed by atoms with Crippen LogP contribution in [-0.4, -0.2) is 36.6 Å². The number of fused-ring (bicyclic) bond motifs is 1. The van der Waals surface area contributed by atoms with Gasteiger partial charge in [-0.15, -0.1) is 0 Å². The molecule has 38 heavy (non-hydrogen) atoms. The van der Waals surface area contributed by atoms with E-state index in [-0.39, 0.29) is 17.9 Å².